The van der Waals surface area contributed by atoms with Crippen LogP contribution in [0.5, 0.6) is 0 Å². The van der Waals surface area contributed by atoms with Crippen LogP contribution in [-0.4, -0.2) is 46.0 Å². The van der Waals surface area contributed by atoms with E-state index >= 15 is 0 Å². The van der Waals surface area contributed by atoms with E-state index in [0.29, 0.717) is 28.7 Å². The van der Waals surface area contributed by atoms with E-state index in [1.165, 1.54) is 39.9 Å². The topological polar surface area (TPSA) is 96.3 Å². The summed E-state index contributed by atoms with van der Waals surface area (Å²) in [6.07, 6.45) is -4.96. The van der Waals surface area contributed by atoms with Crippen LogP contribution < -0.4 is 15.5 Å². The SMILES string of the molecule is C=C(CC1CCC(F)(F)C1)C(=O)NCc1nn(-c2ccccc2)c2c1[C@H](c1ccc(F)cc1)[C@H](NC(=O)c1cccc(C(F)(F)F)c1)C(=O)N2CC. The Morgan fingerprint density at radius 2 is 1.73 bits per heavy atom. The number of likely N-dealkylation sites (N-methyl/N-ethyl adjacent to an activating group) is 1. The van der Waals surface area contributed by atoms with Crippen LogP contribution in [0.1, 0.15) is 71.3 Å². The van der Waals surface area contributed by atoms with Crippen molar-refractivity contribution in [2.24, 2.45) is 5.92 Å². The van der Waals surface area contributed by atoms with Gasteiger partial charge in [0.15, 0.2) is 0 Å². The molecule has 6 rings (SSSR count). The van der Waals surface area contributed by atoms with Gasteiger partial charge in [-0.15, -0.1) is 0 Å². The van der Waals surface area contributed by atoms with Crippen LogP contribution in [0, 0.1) is 11.7 Å². The van der Waals surface area contributed by atoms with Gasteiger partial charge >= 0.3 is 6.18 Å². The van der Waals surface area contributed by atoms with Crippen LogP contribution >= 0.6 is 0 Å². The maximum Gasteiger partial charge on any atom is 0.416 e. The summed E-state index contributed by atoms with van der Waals surface area (Å²) >= 11 is 0. The number of fused-ring (bicyclic) bond motifs is 1. The number of hydrogen-bond donors (Lipinski definition) is 2. The minimum atomic E-state index is -4.72. The highest BCUT2D eigenvalue weighted by molar-refractivity contribution is 6.05. The monoisotopic (exact) mass is 723 g/mol. The number of nitrogens with one attached hydrogen (secondary N) is 2. The molecule has 3 aromatic carbocycles. The van der Waals surface area contributed by atoms with Crippen LogP contribution in [-0.2, 0) is 22.3 Å². The van der Waals surface area contributed by atoms with E-state index in [0.717, 1.165) is 12.1 Å². The second-order valence-corrected chi connectivity index (χ2v) is 13.0. The average molecular weight is 724 g/mol. The number of rotatable bonds is 10. The number of carbonyl (C=O) groups is 3. The summed E-state index contributed by atoms with van der Waals surface area (Å²) in [6, 6.07) is 16.4. The summed E-state index contributed by atoms with van der Waals surface area (Å²) in [4.78, 5) is 42.7. The number of carbonyl (C=O) groups excluding carboxylic acids is 3. The van der Waals surface area contributed by atoms with Crippen molar-refractivity contribution in [2.75, 3.05) is 11.4 Å². The van der Waals surface area contributed by atoms with Crippen LogP contribution in [0.25, 0.3) is 5.69 Å². The van der Waals surface area contributed by atoms with Crippen LogP contribution in [0.3, 0.4) is 0 Å². The van der Waals surface area contributed by atoms with Crippen molar-refractivity contribution in [1.29, 1.82) is 0 Å². The fraction of sp³-hybridized carbons (Fsp3) is 0.316. The number of anilines is 1. The quantitative estimate of drug-likeness (QED) is 0.132. The molecular weight excluding hydrogens is 688 g/mol. The minimum absolute atomic E-state index is 0.0813. The molecule has 2 N–H and O–H groups in total. The van der Waals surface area contributed by atoms with Crippen molar-refractivity contribution in [3.05, 3.63) is 125 Å². The molecule has 0 saturated heterocycles. The van der Waals surface area contributed by atoms with Crippen LogP contribution in [0.4, 0.5) is 32.2 Å². The lowest BCUT2D eigenvalue weighted by molar-refractivity contribution is -0.137. The van der Waals surface area contributed by atoms with Gasteiger partial charge in [-0.2, -0.15) is 18.3 Å². The van der Waals surface area contributed by atoms with Crippen molar-refractivity contribution in [1.82, 2.24) is 20.4 Å². The molecule has 1 aliphatic carbocycles. The Hall–Kier alpha value is -5.40. The number of aromatic nitrogens is 2. The number of benzene rings is 3. The molecule has 1 saturated carbocycles. The largest absolute Gasteiger partial charge is 0.416 e. The van der Waals surface area contributed by atoms with Crippen LogP contribution in [0.2, 0.25) is 0 Å². The first-order chi connectivity index (χ1) is 24.7. The number of nitrogens with zero attached hydrogens (tertiary/aromatic N) is 3. The Morgan fingerprint density at radius 1 is 1.02 bits per heavy atom. The summed E-state index contributed by atoms with van der Waals surface area (Å²) < 4.78 is 84.0. The zero-order valence-corrected chi connectivity index (χ0v) is 28.0. The van der Waals surface area contributed by atoms with E-state index in [1.54, 1.807) is 37.3 Å². The average Bonchev–Trinajstić information content (AvgIpc) is 3.66. The Labute approximate surface area is 295 Å². The molecule has 4 aromatic rings. The molecule has 3 atom stereocenters. The molecule has 1 aromatic heterocycles. The normalized spacial score (nSPS) is 19.6. The zero-order valence-electron chi connectivity index (χ0n) is 28.0. The van der Waals surface area contributed by atoms with E-state index in [1.807, 2.05) is 0 Å². The molecule has 1 fully saturated rings. The van der Waals surface area contributed by atoms with Crippen molar-refractivity contribution in [3.63, 3.8) is 0 Å². The maximum absolute atomic E-state index is 14.4. The van der Waals surface area contributed by atoms with Crippen molar-refractivity contribution >= 4 is 23.5 Å². The third-order valence-electron chi connectivity index (χ3n) is 9.47. The van der Waals surface area contributed by atoms with Gasteiger partial charge < -0.3 is 10.6 Å². The molecule has 272 valence electrons. The molecule has 52 heavy (non-hydrogen) atoms. The van der Waals surface area contributed by atoms with Crippen molar-refractivity contribution < 1.29 is 40.7 Å². The molecule has 0 spiro atoms. The summed E-state index contributed by atoms with van der Waals surface area (Å²) in [5, 5.41) is 10.2. The van der Waals surface area contributed by atoms with E-state index in [4.69, 9.17) is 5.10 Å². The van der Waals surface area contributed by atoms with Gasteiger partial charge in [-0.05, 0) is 73.7 Å². The zero-order chi connectivity index (χ0) is 37.4. The fourth-order valence-electron chi connectivity index (χ4n) is 6.99. The smallest absolute Gasteiger partial charge is 0.347 e. The van der Waals surface area contributed by atoms with Gasteiger partial charge in [0.1, 0.15) is 17.7 Å². The Morgan fingerprint density at radius 3 is 2.37 bits per heavy atom. The lowest BCUT2D eigenvalue weighted by Gasteiger charge is -2.38. The predicted octanol–water partition coefficient (Wildman–Crippen LogP) is 7.33. The highest BCUT2D eigenvalue weighted by Crippen LogP contribution is 2.44. The van der Waals surface area contributed by atoms with E-state index < -0.39 is 59.1 Å². The molecule has 3 amide bonds. The molecular formula is C38H35F6N5O3. The highest BCUT2D eigenvalue weighted by atomic mass is 19.4. The molecule has 8 nitrogen and oxygen atoms in total. The summed E-state index contributed by atoms with van der Waals surface area (Å²) in [6.45, 7) is 5.41. The second kappa shape index (κ2) is 14.3. The Balaban J connectivity index is 1.42. The van der Waals surface area contributed by atoms with Gasteiger partial charge in [0, 0.05) is 42.0 Å². The third-order valence-corrected chi connectivity index (χ3v) is 9.47. The van der Waals surface area contributed by atoms with E-state index in [-0.39, 0.29) is 55.6 Å². The Kier molecular flexibility index (Phi) is 10.0. The molecule has 1 aliphatic heterocycles. The van der Waals surface area contributed by atoms with Gasteiger partial charge in [0.05, 0.1) is 23.5 Å². The molecule has 2 aliphatic rings. The molecule has 1 unspecified atom stereocenters. The van der Waals surface area contributed by atoms with Crippen LogP contribution in [0.15, 0.2) is 91.0 Å². The lowest BCUT2D eigenvalue weighted by Crippen LogP contribution is -2.55. The number of alkyl halides is 5. The van der Waals surface area contributed by atoms with Gasteiger partial charge in [-0.1, -0.05) is 43.0 Å². The highest BCUT2D eigenvalue weighted by Gasteiger charge is 2.46. The van der Waals surface area contributed by atoms with Crippen molar-refractivity contribution in [3.8, 4) is 5.69 Å². The predicted molar refractivity (Wildman–Crippen MR) is 180 cm³/mol. The van der Waals surface area contributed by atoms with Crippen molar-refractivity contribution in [2.45, 2.75) is 63.2 Å². The minimum Gasteiger partial charge on any atom is -0.347 e. The van der Waals surface area contributed by atoms with E-state index in [2.05, 4.69) is 17.2 Å². The maximum atomic E-state index is 14.4. The lowest BCUT2D eigenvalue weighted by atomic mass is 9.80. The molecule has 0 radical (unpaired) electrons. The first-order valence-corrected chi connectivity index (χ1v) is 16.7. The number of hydrogen-bond acceptors (Lipinski definition) is 4. The van der Waals surface area contributed by atoms with Gasteiger partial charge in [-0.3, -0.25) is 19.3 Å². The third kappa shape index (κ3) is 7.46. The first kappa shape index (κ1) is 36.4. The summed E-state index contributed by atoms with van der Waals surface area (Å²) in [5.74, 6) is -6.61. The van der Waals surface area contributed by atoms with E-state index in [9.17, 15) is 40.7 Å². The number of para-hydroxylation sites is 1. The number of amides is 3. The van der Waals surface area contributed by atoms with Gasteiger partial charge in [0.2, 0.25) is 11.8 Å². The van der Waals surface area contributed by atoms with Gasteiger partial charge in [0.25, 0.3) is 11.8 Å². The molecule has 2 heterocycles. The van der Waals surface area contributed by atoms with Gasteiger partial charge in [-0.25, -0.2) is 17.9 Å². The molecule has 0 bridgehead atoms. The summed E-state index contributed by atoms with van der Waals surface area (Å²) in [7, 11) is 0. The molecule has 14 heteroatoms. The summed E-state index contributed by atoms with van der Waals surface area (Å²) in [5.41, 5.74) is 0.337. The Bertz CT molecular complexity index is 1990. The second-order valence-electron chi connectivity index (χ2n) is 13.0. The fourth-order valence-corrected chi connectivity index (χ4v) is 6.99. The standard InChI is InChI=1S/C38H35F6N5O3/c1-3-48-35-31(29(47-49(35)28-10-5-4-6-11-28)21-45-33(50)22(2)18-23-16-17-37(40,41)20-23)30(24-12-14-27(39)15-13-24)32(36(48)52)46-34(51)25-8-7-9-26(19-25)38(42,43)44/h4-15,19,23,30,32H,2-3,16-18,20-21H2,1H3,(H,45,50)(H,46,51)/t23?,30-,32-/m0/s1. The number of halogens is 6. The first-order valence-electron chi connectivity index (χ1n) is 16.7.